The molecule has 4 aliphatic rings. The molecule has 4 heteroatoms. The van der Waals surface area contributed by atoms with Gasteiger partial charge in [-0.15, -0.1) is 5.10 Å². The van der Waals surface area contributed by atoms with Gasteiger partial charge in [0.25, 0.3) is 0 Å². The monoisotopic (exact) mass is 273 g/mol. The van der Waals surface area contributed by atoms with E-state index in [1.165, 1.54) is 19.3 Å². The van der Waals surface area contributed by atoms with Gasteiger partial charge in [-0.25, -0.2) is 4.68 Å². The lowest BCUT2D eigenvalue weighted by Gasteiger charge is -2.64. The van der Waals surface area contributed by atoms with E-state index >= 15 is 0 Å². The molecule has 1 aromatic heterocycles. The quantitative estimate of drug-likeness (QED) is 0.778. The Bertz CT molecular complexity index is 572. The zero-order valence-electron chi connectivity index (χ0n) is 12.6. The number of nitrogens with zero attached hydrogens (tertiary/aromatic N) is 3. The van der Waals surface area contributed by atoms with E-state index in [0.717, 1.165) is 25.2 Å². The molecule has 2 unspecified atom stereocenters. The molecular formula is C16H23N3O. The highest BCUT2D eigenvalue weighted by atomic mass is 16.1. The van der Waals surface area contributed by atoms with E-state index in [4.69, 9.17) is 0 Å². The number of ketones is 1. The van der Waals surface area contributed by atoms with Gasteiger partial charge in [0.2, 0.25) is 0 Å². The summed E-state index contributed by atoms with van der Waals surface area (Å²) < 4.78 is 1.64. The smallest absolute Gasteiger partial charge is 0.188 e. The second kappa shape index (κ2) is 3.52. The second-order valence-corrected chi connectivity index (χ2v) is 8.48. The molecule has 4 aliphatic carbocycles. The highest BCUT2D eigenvalue weighted by molar-refractivity contribution is 5.99. The number of aryl methyl sites for hydroxylation is 1. The first-order valence-electron chi connectivity index (χ1n) is 7.73. The molecule has 5 rings (SSSR count). The van der Waals surface area contributed by atoms with E-state index in [1.54, 1.807) is 10.9 Å². The predicted molar refractivity (Wildman–Crippen MR) is 75.2 cm³/mol. The Morgan fingerprint density at radius 3 is 2.35 bits per heavy atom. The summed E-state index contributed by atoms with van der Waals surface area (Å²) in [7, 11) is 1.82. The molecule has 1 heterocycles. The van der Waals surface area contributed by atoms with Crippen LogP contribution in [-0.4, -0.2) is 20.8 Å². The topological polar surface area (TPSA) is 47.8 Å². The first kappa shape index (κ1) is 12.5. The predicted octanol–water partition coefficient (Wildman–Crippen LogP) is 2.99. The number of hydrogen-bond acceptors (Lipinski definition) is 3. The van der Waals surface area contributed by atoms with Crippen LogP contribution in [0.4, 0.5) is 0 Å². The minimum Gasteiger partial charge on any atom is -0.292 e. The third kappa shape index (κ3) is 1.57. The fourth-order valence-electron chi connectivity index (χ4n) is 6.47. The van der Waals surface area contributed by atoms with Gasteiger partial charge in [-0.2, -0.15) is 0 Å². The molecule has 1 aromatic rings. The van der Waals surface area contributed by atoms with Crippen molar-refractivity contribution in [2.75, 3.05) is 0 Å². The van der Waals surface area contributed by atoms with Crippen LogP contribution in [0.2, 0.25) is 0 Å². The molecule has 2 atom stereocenters. The molecule has 0 amide bonds. The van der Waals surface area contributed by atoms with Gasteiger partial charge < -0.3 is 0 Å². The van der Waals surface area contributed by atoms with Crippen LogP contribution in [0.3, 0.4) is 0 Å². The van der Waals surface area contributed by atoms with Gasteiger partial charge in [-0.3, -0.25) is 4.79 Å². The Balaban J connectivity index is 1.78. The van der Waals surface area contributed by atoms with Gasteiger partial charge in [0, 0.05) is 12.5 Å². The zero-order valence-corrected chi connectivity index (χ0v) is 12.6. The molecule has 0 aliphatic heterocycles. The Morgan fingerprint density at radius 1 is 1.20 bits per heavy atom. The summed E-state index contributed by atoms with van der Waals surface area (Å²) in [6.45, 7) is 4.80. The largest absolute Gasteiger partial charge is 0.292 e. The molecule has 0 aromatic carbocycles. The summed E-state index contributed by atoms with van der Waals surface area (Å²) in [5.74, 6) is 1.04. The Hall–Kier alpha value is -1.19. The fourth-order valence-corrected chi connectivity index (χ4v) is 6.47. The van der Waals surface area contributed by atoms with Crippen molar-refractivity contribution in [3.05, 3.63) is 11.9 Å². The molecular weight excluding hydrogens is 250 g/mol. The molecule has 0 spiro atoms. The van der Waals surface area contributed by atoms with Crippen molar-refractivity contribution in [3.8, 4) is 0 Å². The number of hydrogen-bond donors (Lipinski definition) is 0. The van der Waals surface area contributed by atoms with Crippen molar-refractivity contribution in [2.45, 2.75) is 52.4 Å². The van der Waals surface area contributed by atoms with E-state index < -0.39 is 0 Å². The molecule has 4 saturated carbocycles. The van der Waals surface area contributed by atoms with E-state index in [9.17, 15) is 4.79 Å². The van der Waals surface area contributed by atoms with E-state index in [2.05, 4.69) is 24.2 Å². The average molecular weight is 273 g/mol. The third-order valence-electron chi connectivity index (χ3n) is 6.06. The number of carbonyl (C=O) groups is 1. The van der Waals surface area contributed by atoms with Crippen molar-refractivity contribution in [3.63, 3.8) is 0 Å². The minimum absolute atomic E-state index is 0.140. The van der Waals surface area contributed by atoms with Gasteiger partial charge >= 0.3 is 0 Å². The van der Waals surface area contributed by atoms with Crippen LogP contribution < -0.4 is 0 Å². The lowest BCUT2D eigenvalue weighted by atomic mass is 9.39. The highest BCUT2D eigenvalue weighted by Gasteiger charge is 2.62. The summed E-state index contributed by atoms with van der Waals surface area (Å²) in [6, 6.07) is 0. The first-order valence-corrected chi connectivity index (χ1v) is 7.73. The highest BCUT2D eigenvalue weighted by Crippen LogP contribution is 2.70. The summed E-state index contributed by atoms with van der Waals surface area (Å²) in [5, 5.41) is 7.84. The summed E-state index contributed by atoms with van der Waals surface area (Å²) >= 11 is 0. The van der Waals surface area contributed by atoms with Crippen molar-refractivity contribution in [1.82, 2.24) is 15.0 Å². The molecule has 0 saturated heterocycles. The second-order valence-electron chi connectivity index (χ2n) is 8.48. The van der Waals surface area contributed by atoms with Crippen LogP contribution in [0.25, 0.3) is 0 Å². The summed E-state index contributed by atoms with van der Waals surface area (Å²) in [6.07, 6.45) is 8.80. The Kier molecular flexibility index (Phi) is 2.21. The van der Waals surface area contributed by atoms with Crippen LogP contribution in [0.1, 0.15) is 62.9 Å². The lowest BCUT2D eigenvalue weighted by Crippen LogP contribution is -2.57. The van der Waals surface area contributed by atoms with Gasteiger partial charge in [0.15, 0.2) is 5.78 Å². The van der Waals surface area contributed by atoms with Crippen LogP contribution in [0.5, 0.6) is 0 Å². The minimum atomic E-state index is -0.140. The van der Waals surface area contributed by atoms with Crippen LogP contribution >= 0.6 is 0 Å². The Morgan fingerprint density at radius 2 is 1.85 bits per heavy atom. The number of carbonyl (C=O) groups excluding carboxylic acids is 1. The van der Waals surface area contributed by atoms with Crippen molar-refractivity contribution >= 4 is 5.78 Å². The normalized spacial score (nSPS) is 45.9. The summed E-state index contributed by atoms with van der Waals surface area (Å²) in [5.41, 5.74) is 1.29. The standard InChI is InChI=1S/C16H23N3O/c1-14-4-11-5-15(2,8-14)10-16(6-11,9-14)13(20)12-7-17-18-19(12)3/h7,11H,4-6,8-10H2,1-3H3. The zero-order chi connectivity index (χ0) is 14.2. The molecule has 4 nitrogen and oxygen atoms in total. The van der Waals surface area contributed by atoms with E-state index in [0.29, 0.717) is 22.3 Å². The van der Waals surface area contributed by atoms with Crippen molar-refractivity contribution in [2.24, 2.45) is 29.2 Å². The first-order chi connectivity index (χ1) is 9.33. The van der Waals surface area contributed by atoms with Gasteiger partial charge in [-0.1, -0.05) is 19.1 Å². The van der Waals surface area contributed by atoms with Crippen LogP contribution in [-0.2, 0) is 7.05 Å². The van der Waals surface area contributed by atoms with Crippen molar-refractivity contribution in [1.29, 1.82) is 0 Å². The number of Topliss-reactive ketones (excluding diaryl/α,β-unsaturated/α-hetero) is 1. The van der Waals surface area contributed by atoms with Crippen LogP contribution in [0, 0.1) is 22.2 Å². The molecule has 4 bridgehead atoms. The molecule has 0 radical (unpaired) electrons. The van der Waals surface area contributed by atoms with Gasteiger partial charge in [0.05, 0.1) is 6.20 Å². The van der Waals surface area contributed by atoms with E-state index in [-0.39, 0.29) is 5.41 Å². The average Bonchev–Trinajstić information content (AvgIpc) is 2.69. The van der Waals surface area contributed by atoms with Crippen molar-refractivity contribution < 1.29 is 4.79 Å². The number of rotatable bonds is 2. The Labute approximate surface area is 119 Å². The molecule has 0 N–H and O–H groups in total. The van der Waals surface area contributed by atoms with Gasteiger partial charge in [0.1, 0.15) is 5.69 Å². The molecule has 4 fully saturated rings. The maximum absolute atomic E-state index is 13.2. The summed E-state index contributed by atoms with van der Waals surface area (Å²) in [4.78, 5) is 13.2. The van der Waals surface area contributed by atoms with E-state index in [1.807, 2.05) is 7.05 Å². The number of aromatic nitrogens is 3. The van der Waals surface area contributed by atoms with Gasteiger partial charge in [-0.05, 0) is 55.3 Å². The molecule has 20 heavy (non-hydrogen) atoms. The lowest BCUT2D eigenvalue weighted by molar-refractivity contribution is -0.125. The maximum Gasteiger partial charge on any atom is 0.188 e. The molecule has 108 valence electrons. The third-order valence-corrected chi connectivity index (χ3v) is 6.06. The fraction of sp³-hybridized carbons (Fsp3) is 0.812. The SMILES string of the molecule is Cn1nncc1C(=O)C12CC3CC(C)(CC(C)(C3)C1)C2. The van der Waals surface area contributed by atoms with Crippen LogP contribution in [0.15, 0.2) is 6.20 Å². The maximum atomic E-state index is 13.2.